The highest BCUT2D eigenvalue weighted by atomic mass is 16.3. The molecule has 0 spiro atoms. The van der Waals surface area contributed by atoms with Crippen LogP contribution in [0.2, 0.25) is 0 Å². The predicted molar refractivity (Wildman–Crippen MR) is 106 cm³/mol. The van der Waals surface area contributed by atoms with Crippen molar-refractivity contribution < 1.29 is 10.2 Å². The summed E-state index contributed by atoms with van der Waals surface area (Å²) in [5, 5.41) is 18.4. The maximum Gasteiger partial charge on any atom is 0.0586 e. The molecule has 0 aliphatic rings. The molecule has 0 rings (SSSR count). The number of hydrogen-bond donors (Lipinski definition) is 2. The Labute approximate surface area is 151 Å². The van der Waals surface area contributed by atoms with Crippen molar-refractivity contribution in [1.82, 2.24) is 4.90 Å². The molecule has 3 heteroatoms. The van der Waals surface area contributed by atoms with Crippen LogP contribution in [0.15, 0.2) is 0 Å². The van der Waals surface area contributed by atoms with Crippen LogP contribution >= 0.6 is 0 Å². The van der Waals surface area contributed by atoms with Gasteiger partial charge in [0.1, 0.15) is 0 Å². The monoisotopic (exact) mass is 343 g/mol. The molecule has 0 aliphatic heterocycles. The summed E-state index contributed by atoms with van der Waals surface area (Å²) in [5.41, 5.74) is 0. The summed E-state index contributed by atoms with van der Waals surface area (Å²) in [5.74, 6) is 0. The fraction of sp³-hybridized carbons (Fsp3) is 1.00. The lowest BCUT2D eigenvalue weighted by molar-refractivity contribution is 0.117. The van der Waals surface area contributed by atoms with Crippen LogP contribution in [0.1, 0.15) is 103 Å². The molecule has 0 aromatic rings. The van der Waals surface area contributed by atoms with Gasteiger partial charge in [-0.05, 0) is 13.5 Å². The van der Waals surface area contributed by atoms with Gasteiger partial charge in [0.2, 0.25) is 0 Å². The number of aliphatic hydroxyl groups excluding tert-OH is 2. The first-order valence-electron chi connectivity index (χ1n) is 10.7. The third-order valence-electron chi connectivity index (χ3n) is 5.18. The molecule has 0 heterocycles. The predicted octanol–water partition coefficient (Wildman–Crippen LogP) is 5.14. The minimum Gasteiger partial charge on any atom is -0.395 e. The van der Waals surface area contributed by atoms with Crippen molar-refractivity contribution in [3.8, 4) is 0 Å². The first kappa shape index (κ1) is 23.9. The molecule has 0 saturated heterocycles. The number of hydrogen-bond acceptors (Lipinski definition) is 3. The van der Waals surface area contributed by atoms with Gasteiger partial charge in [-0.25, -0.2) is 0 Å². The number of rotatable bonds is 19. The van der Waals surface area contributed by atoms with Gasteiger partial charge in [0, 0.05) is 12.6 Å². The second-order valence-electron chi connectivity index (χ2n) is 7.43. The molecule has 0 aromatic heterocycles. The summed E-state index contributed by atoms with van der Waals surface area (Å²) < 4.78 is 0. The Morgan fingerprint density at radius 2 is 1.08 bits per heavy atom. The highest BCUT2D eigenvalue weighted by Gasteiger charge is 2.12. The highest BCUT2D eigenvalue weighted by Crippen LogP contribution is 2.14. The zero-order chi connectivity index (χ0) is 17.9. The van der Waals surface area contributed by atoms with Crippen molar-refractivity contribution in [2.75, 3.05) is 26.8 Å². The van der Waals surface area contributed by atoms with E-state index in [1.54, 1.807) is 0 Å². The minimum absolute atomic E-state index is 0.172. The van der Waals surface area contributed by atoms with Gasteiger partial charge < -0.3 is 10.2 Å². The van der Waals surface area contributed by atoms with Gasteiger partial charge in [-0.2, -0.15) is 0 Å². The molecule has 1 unspecified atom stereocenters. The highest BCUT2D eigenvalue weighted by molar-refractivity contribution is 4.67. The van der Waals surface area contributed by atoms with E-state index >= 15 is 0 Å². The van der Waals surface area contributed by atoms with Crippen molar-refractivity contribution in [3.63, 3.8) is 0 Å². The standard InChI is InChI=1S/C21H45NO2/c1-3-4-5-6-7-8-9-10-11-12-13-14-15-16-17-21(20-24)22(2)18-19-23/h21,23-24H,3-20H2,1-2H3. The average Bonchev–Trinajstić information content (AvgIpc) is 2.58. The second kappa shape index (κ2) is 19.2. The molecule has 0 fully saturated rings. The SMILES string of the molecule is CCCCCCCCCCCCCCCCC(CO)N(C)CCO. The Hall–Kier alpha value is -0.120. The van der Waals surface area contributed by atoms with Gasteiger partial charge >= 0.3 is 0 Å². The normalized spacial score (nSPS) is 12.9. The van der Waals surface area contributed by atoms with Crippen molar-refractivity contribution in [1.29, 1.82) is 0 Å². The maximum absolute atomic E-state index is 9.40. The van der Waals surface area contributed by atoms with Crippen LogP contribution in [0.25, 0.3) is 0 Å². The van der Waals surface area contributed by atoms with Crippen LogP contribution < -0.4 is 0 Å². The average molecular weight is 344 g/mol. The molecule has 0 saturated carbocycles. The summed E-state index contributed by atoms with van der Waals surface area (Å²) in [6.45, 7) is 3.31. The maximum atomic E-state index is 9.40. The van der Waals surface area contributed by atoms with E-state index in [9.17, 15) is 5.11 Å². The van der Waals surface area contributed by atoms with Crippen LogP contribution in [0.3, 0.4) is 0 Å². The van der Waals surface area contributed by atoms with Crippen LogP contribution in [-0.4, -0.2) is 48.0 Å². The fourth-order valence-electron chi connectivity index (χ4n) is 3.37. The lowest BCUT2D eigenvalue weighted by Gasteiger charge is -2.25. The second-order valence-corrected chi connectivity index (χ2v) is 7.43. The quantitative estimate of drug-likeness (QED) is 0.319. The molecular formula is C21H45NO2. The molecule has 2 N–H and O–H groups in total. The lowest BCUT2D eigenvalue weighted by atomic mass is 10.0. The van der Waals surface area contributed by atoms with E-state index in [1.165, 1.54) is 89.9 Å². The van der Waals surface area contributed by atoms with Gasteiger partial charge in [0.05, 0.1) is 13.2 Å². The topological polar surface area (TPSA) is 43.7 Å². The van der Waals surface area contributed by atoms with Crippen LogP contribution in [0, 0.1) is 0 Å². The minimum atomic E-state index is 0.172. The van der Waals surface area contributed by atoms with Crippen LogP contribution in [0.4, 0.5) is 0 Å². The van der Waals surface area contributed by atoms with Gasteiger partial charge in [0.15, 0.2) is 0 Å². The zero-order valence-electron chi connectivity index (χ0n) is 16.6. The van der Waals surface area contributed by atoms with Gasteiger partial charge in [-0.15, -0.1) is 0 Å². The Morgan fingerprint density at radius 1 is 0.667 bits per heavy atom. The molecule has 1 atom stereocenters. The molecule has 146 valence electrons. The smallest absolute Gasteiger partial charge is 0.0586 e. The fourth-order valence-corrected chi connectivity index (χ4v) is 3.37. The van der Waals surface area contributed by atoms with E-state index in [2.05, 4.69) is 11.8 Å². The zero-order valence-corrected chi connectivity index (χ0v) is 16.6. The molecule has 0 bridgehead atoms. The van der Waals surface area contributed by atoms with E-state index in [-0.39, 0.29) is 19.3 Å². The summed E-state index contributed by atoms with van der Waals surface area (Å²) in [4.78, 5) is 2.07. The van der Waals surface area contributed by atoms with E-state index in [1.807, 2.05) is 7.05 Å². The van der Waals surface area contributed by atoms with Crippen LogP contribution in [-0.2, 0) is 0 Å². The largest absolute Gasteiger partial charge is 0.395 e. The van der Waals surface area contributed by atoms with E-state index < -0.39 is 0 Å². The lowest BCUT2D eigenvalue weighted by Crippen LogP contribution is -2.36. The third kappa shape index (κ3) is 15.4. The van der Waals surface area contributed by atoms with Gasteiger partial charge in [0.25, 0.3) is 0 Å². The molecular weight excluding hydrogens is 298 g/mol. The van der Waals surface area contributed by atoms with Crippen molar-refractivity contribution in [2.45, 2.75) is 109 Å². The molecule has 24 heavy (non-hydrogen) atoms. The Morgan fingerprint density at radius 3 is 1.46 bits per heavy atom. The first-order chi connectivity index (χ1) is 11.8. The van der Waals surface area contributed by atoms with Crippen molar-refractivity contribution in [2.24, 2.45) is 0 Å². The summed E-state index contributed by atoms with van der Waals surface area (Å²) in [6, 6.07) is 0.217. The molecule has 0 radical (unpaired) electrons. The Kier molecular flexibility index (Phi) is 19.1. The number of unbranched alkanes of at least 4 members (excludes halogenated alkanes) is 13. The van der Waals surface area contributed by atoms with Crippen molar-refractivity contribution in [3.05, 3.63) is 0 Å². The Bertz CT molecular complexity index is 236. The molecule has 0 amide bonds. The van der Waals surface area contributed by atoms with E-state index in [0.717, 1.165) is 6.42 Å². The van der Waals surface area contributed by atoms with E-state index in [0.29, 0.717) is 6.54 Å². The Balaban J connectivity index is 3.24. The molecule has 0 aromatic carbocycles. The first-order valence-corrected chi connectivity index (χ1v) is 10.7. The van der Waals surface area contributed by atoms with Gasteiger partial charge in [-0.1, -0.05) is 96.8 Å². The van der Waals surface area contributed by atoms with Crippen LogP contribution in [0.5, 0.6) is 0 Å². The van der Waals surface area contributed by atoms with Gasteiger partial charge in [-0.3, -0.25) is 4.90 Å². The summed E-state index contributed by atoms with van der Waals surface area (Å²) in [6.07, 6.45) is 20.4. The number of aliphatic hydroxyl groups is 2. The molecule has 3 nitrogen and oxygen atoms in total. The van der Waals surface area contributed by atoms with Crippen molar-refractivity contribution >= 4 is 0 Å². The molecule has 0 aliphatic carbocycles. The number of nitrogens with zero attached hydrogens (tertiary/aromatic N) is 1. The third-order valence-corrected chi connectivity index (χ3v) is 5.18. The summed E-state index contributed by atoms with van der Waals surface area (Å²) in [7, 11) is 1.99. The summed E-state index contributed by atoms with van der Waals surface area (Å²) >= 11 is 0. The van der Waals surface area contributed by atoms with E-state index in [4.69, 9.17) is 5.11 Å². The number of likely N-dealkylation sites (N-methyl/N-ethyl adjacent to an activating group) is 1.